The van der Waals surface area contributed by atoms with Gasteiger partial charge in [0.05, 0.1) is 31.1 Å². The van der Waals surface area contributed by atoms with Gasteiger partial charge in [-0.2, -0.15) is 0 Å². The van der Waals surface area contributed by atoms with E-state index in [2.05, 4.69) is 4.72 Å². The van der Waals surface area contributed by atoms with Crippen molar-refractivity contribution >= 4 is 31.6 Å². The lowest BCUT2D eigenvalue weighted by atomic mass is 10.2. The molecule has 0 spiro atoms. The molecule has 1 amide bonds. The number of anilines is 1. The number of methoxy groups -OCH3 is 2. The van der Waals surface area contributed by atoms with Crippen LogP contribution in [-0.4, -0.2) is 55.9 Å². The third-order valence-electron chi connectivity index (χ3n) is 3.63. The first-order chi connectivity index (χ1) is 11.6. The molecule has 0 aromatic heterocycles. The largest absolute Gasteiger partial charge is 0.495 e. The van der Waals surface area contributed by atoms with Gasteiger partial charge in [-0.1, -0.05) is 6.92 Å². The standard InChI is InChI=1S/C14H20N2O7S2/c1-10-9-24(18,19)16(14(10)17)11-4-5-12(23-3)13(8-11)25(20,21)15-6-7-22-2/h4-5,8,10,15H,6-7,9H2,1-3H3. The molecule has 0 saturated carbocycles. The van der Waals surface area contributed by atoms with Crippen LogP contribution in [0, 0.1) is 5.92 Å². The van der Waals surface area contributed by atoms with Crippen molar-refractivity contribution in [2.24, 2.45) is 5.92 Å². The van der Waals surface area contributed by atoms with Gasteiger partial charge in [-0.25, -0.2) is 25.9 Å². The molecular formula is C14H20N2O7S2. The fourth-order valence-corrected chi connectivity index (χ4v) is 5.46. The highest BCUT2D eigenvalue weighted by Gasteiger charge is 2.42. The summed E-state index contributed by atoms with van der Waals surface area (Å²) in [6.07, 6.45) is 0. The number of rotatable bonds is 7. The van der Waals surface area contributed by atoms with E-state index in [9.17, 15) is 21.6 Å². The second kappa shape index (κ2) is 7.28. The zero-order valence-corrected chi connectivity index (χ0v) is 15.7. The Labute approximate surface area is 147 Å². The van der Waals surface area contributed by atoms with E-state index >= 15 is 0 Å². The molecule has 9 nitrogen and oxygen atoms in total. The molecule has 1 aliphatic heterocycles. The number of benzene rings is 1. The highest BCUT2D eigenvalue weighted by molar-refractivity contribution is 7.94. The van der Waals surface area contributed by atoms with Gasteiger partial charge in [0.15, 0.2) is 0 Å². The number of amides is 1. The Balaban J connectivity index is 2.49. The molecule has 1 aromatic carbocycles. The van der Waals surface area contributed by atoms with Gasteiger partial charge in [-0.05, 0) is 18.2 Å². The SMILES string of the molecule is COCCNS(=O)(=O)c1cc(N2C(=O)C(C)CS2(=O)=O)ccc1OC. The van der Waals surface area contributed by atoms with Crippen LogP contribution in [0.3, 0.4) is 0 Å². The number of carbonyl (C=O) groups excluding carboxylic acids is 1. The van der Waals surface area contributed by atoms with Gasteiger partial charge in [0.1, 0.15) is 10.6 Å². The molecule has 1 atom stereocenters. The molecule has 1 unspecified atom stereocenters. The second-order valence-electron chi connectivity index (χ2n) is 5.51. The Bertz CT molecular complexity index is 865. The van der Waals surface area contributed by atoms with Gasteiger partial charge in [-0.3, -0.25) is 4.79 Å². The summed E-state index contributed by atoms with van der Waals surface area (Å²) in [6, 6.07) is 3.76. The van der Waals surface area contributed by atoms with Gasteiger partial charge in [0, 0.05) is 13.7 Å². The highest BCUT2D eigenvalue weighted by atomic mass is 32.2. The molecule has 1 fully saturated rings. The molecule has 1 aliphatic rings. The van der Waals surface area contributed by atoms with Crippen LogP contribution in [0.15, 0.2) is 23.1 Å². The molecule has 1 aromatic rings. The average molecular weight is 392 g/mol. The third-order valence-corrected chi connectivity index (χ3v) is 6.98. The van der Waals surface area contributed by atoms with E-state index in [4.69, 9.17) is 9.47 Å². The van der Waals surface area contributed by atoms with E-state index in [1.807, 2.05) is 0 Å². The minimum atomic E-state index is -3.98. The van der Waals surface area contributed by atoms with Crippen molar-refractivity contribution in [1.29, 1.82) is 0 Å². The minimum absolute atomic E-state index is 0.0319. The van der Waals surface area contributed by atoms with Crippen molar-refractivity contribution in [2.45, 2.75) is 11.8 Å². The molecule has 1 saturated heterocycles. The fraction of sp³-hybridized carbons (Fsp3) is 0.500. The lowest BCUT2D eigenvalue weighted by molar-refractivity contribution is -0.119. The van der Waals surface area contributed by atoms with E-state index in [-0.39, 0.29) is 35.2 Å². The first kappa shape index (κ1) is 19.6. The lowest BCUT2D eigenvalue weighted by Gasteiger charge is -2.18. The molecule has 1 heterocycles. The quantitative estimate of drug-likeness (QED) is 0.645. The van der Waals surface area contributed by atoms with Crippen molar-refractivity contribution in [3.8, 4) is 5.75 Å². The minimum Gasteiger partial charge on any atom is -0.495 e. The topological polar surface area (TPSA) is 119 Å². The van der Waals surface area contributed by atoms with Gasteiger partial charge >= 0.3 is 0 Å². The molecule has 0 aliphatic carbocycles. The smallest absolute Gasteiger partial charge is 0.244 e. The molecule has 140 valence electrons. The van der Waals surface area contributed by atoms with Crippen molar-refractivity contribution in [3.63, 3.8) is 0 Å². The number of hydrogen-bond donors (Lipinski definition) is 1. The fourth-order valence-electron chi connectivity index (χ4n) is 2.44. The van der Waals surface area contributed by atoms with Crippen molar-refractivity contribution in [1.82, 2.24) is 4.72 Å². The Morgan fingerprint density at radius 1 is 1.32 bits per heavy atom. The molecule has 1 N–H and O–H groups in total. The zero-order chi connectivity index (χ0) is 18.8. The number of sulfonamides is 2. The van der Waals surface area contributed by atoms with Gasteiger partial charge in [-0.15, -0.1) is 0 Å². The summed E-state index contributed by atoms with van der Waals surface area (Å²) in [7, 11) is -5.09. The first-order valence-electron chi connectivity index (χ1n) is 7.37. The summed E-state index contributed by atoms with van der Waals surface area (Å²) < 4.78 is 62.1. The van der Waals surface area contributed by atoms with Crippen LogP contribution < -0.4 is 13.8 Å². The molecule has 25 heavy (non-hydrogen) atoms. The highest BCUT2D eigenvalue weighted by Crippen LogP contribution is 2.33. The normalized spacial score (nSPS) is 20.0. The molecule has 2 rings (SSSR count). The molecular weight excluding hydrogens is 372 g/mol. The van der Waals surface area contributed by atoms with Crippen LogP contribution in [0.25, 0.3) is 0 Å². The molecule has 11 heteroatoms. The van der Waals surface area contributed by atoms with Crippen molar-refractivity contribution in [3.05, 3.63) is 18.2 Å². The van der Waals surface area contributed by atoms with Crippen molar-refractivity contribution < 1.29 is 31.1 Å². The van der Waals surface area contributed by atoms with Gasteiger partial charge < -0.3 is 9.47 Å². The van der Waals surface area contributed by atoms with Crippen LogP contribution >= 0.6 is 0 Å². The van der Waals surface area contributed by atoms with E-state index in [1.54, 1.807) is 0 Å². The summed E-state index contributed by atoms with van der Waals surface area (Å²) in [5.74, 6) is -1.56. The third kappa shape index (κ3) is 3.94. The van der Waals surface area contributed by atoms with Crippen LogP contribution in [-0.2, 0) is 29.6 Å². The number of carbonyl (C=O) groups is 1. The zero-order valence-electron chi connectivity index (χ0n) is 14.1. The Morgan fingerprint density at radius 2 is 2.00 bits per heavy atom. The molecule has 0 radical (unpaired) electrons. The maximum absolute atomic E-state index is 12.5. The summed E-state index contributed by atoms with van der Waals surface area (Å²) in [5, 5.41) is 0. The predicted octanol–water partition coefficient (Wildman–Crippen LogP) is -0.0676. The van der Waals surface area contributed by atoms with Crippen LogP contribution in [0.1, 0.15) is 6.92 Å². The number of nitrogens with zero attached hydrogens (tertiary/aromatic N) is 1. The first-order valence-corrected chi connectivity index (χ1v) is 10.5. The van der Waals surface area contributed by atoms with E-state index in [0.717, 1.165) is 6.07 Å². The van der Waals surface area contributed by atoms with Crippen LogP contribution in [0.4, 0.5) is 5.69 Å². The Morgan fingerprint density at radius 3 is 2.52 bits per heavy atom. The van der Waals surface area contributed by atoms with Gasteiger partial charge in [0.25, 0.3) is 0 Å². The number of hydrogen-bond acceptors (Lipinski definition) is 7. The van der Waals surface area contributed by atoms with E-state index < -0.39 is 31.9 Å². The van der Waals surface area contributed by atoms with Crippen molar-refractivity contribution in [2.75, 3.05) is 37.4 Å². The monoisotopic (exact) mass is 392 g/mol. The second-order valence-corrected chi connectivity index (χ2v) is 9.11. The van der Waals surface area contributed by atoms with Gasteiger partial charge in [0.2, 0.25) is 26.0 Å². The maximum atomic E-state index is 12.5. The summed E-state index contributed by atoms with van der Waals surface area (Å²) in [6.45, 7) is 1.70. The van der Waals surface area contributed by atoms with E-state index in [0.29, 0.717) is 4.31 Å². The predicted molar refractivity (Wildman–Crippen MR) is 90.5 cm³/mol. The maximum Gasteiger partial charge on any atom is 0.244 e. The number of nitrogens with one attached hydrogen (secondary N) is 1. The Hall–Kier alpha value is -1.69. The summed E-state index contributed by atoms with van der Waals surface area (Å²) >= 11 is 0. The lowest BCUT2D eigenvalue weighted by Crippen LogP contribution is -2.31. The van der Waals surface area contributed by atoms with Crippen LogP contribution in [0.2, 0.25) is 0 Å². The molecule has 0 bridgehead atoms. The van der Waals surface area contributed by atoms with Crippen LogP contribution in [0.5, 0.6) is 5.75 Å². The Kier molecular flexibility index (Phi) is 5.72. The summed E-state index contributed by atoms with van der Waals surface area (Å²) in [5.41, 5.74) is -0.0396. The van der Waals surface area contributed by atoms with E-state index in [1.165, 1.54) is 33.3 Å². The summed E-state index contributed by atoms with van der Waals surface area (Å²) in [4.78, 5) is 11.9. The average Bonchev–Trinajstić information content (AvgIpc) is 2.74. The number of ether oxygens (including phenoxy) is 2.